The molecule has 0 saturated carbocycles. The highest BCUT2D eigenvalue weighted by Gasteiger charge is 2.27. The molecule has 0 bridgehead atoms. The number of hydrogen-bond acceptors (Lipinski definition) is 6. The number of rotatable bonds is 6. The third kappa shape index (κ3) is 5.10. The van der Waals surface area contributed by atoms with Crippen molar-refractivity contribution in [2.45, 2.75) is 19.4 Å². The fraction of sp³-hybridized carbons (Fsp3) is 0.200. The highest BCUT2D eigenvalue weighted by Crippen LogP contribution is 2.36. The molecule has 0 unspecified atom stereocenters. The Kier molecular flexibility index (Phi) is 6.81. The van der Waals surface area contributed by atoms with E-state index < -0.39 is 0 Å². The fourth-order valence-corrected chi connectivity index (χ4v) is 4.93. The smallest absolute Gasteiger partial charge is 0.249 e. The summed E-state index contributed by atoms with van der Waals surface area (Å²) in [6.07, 6.45) is 5.58. The maximum Gasteiger partial charge on any atom is 0.249 e. The van der Waals surface area contributed by atoms with E-state index >= 15 is 0 Å². The van der Waals surface area contributed by atoms with Crippen molar-refractivity contribution >= 4 is 34.2 Å². The SMILES string of the molecule is COc1ccccc1C=CC(=O)Nc1sc2c(c1C#N)CCN(C(=O)Cc1ccccn1)C2. The summed E-state index contributed by atoms with van der Waals surface area (Å²) < 4.78 is 5.29. The van der Waals surface area contributed by atoms with Crippen molar-refractivity contribution in [2.24, 2.45) is 0 Å². The number of carbonyl (C=O) groups is 2. The Morgan fingerprint density at radius 2 is 2.09 bits per heavy atom. The second-order valence-electron chi connectivity index (χ2n) is 7.45. The number of nitrogens with zero attached hydrogens (tertiary/aromatic N) is 3. The molecule has 8 heteroatoms. The van der Waals surface area contributed by atoms with Crippen LogP contribution in [0.5, 0.6) is 5.75 Å². The van der Waals surface area contributed by atoms with Gasteiger partial charge in [0.1, 0.15) is 16.8 Å². The Bertz CT molecular complexity index is 1240. The molecule has 2 amide bonds. The standard InChI is InChI=1S/C25H22N4O3S/c1-32-21-8-3-2-6-17(21)9-10-23(30)28-25-20(15-26)19-11-13-29(16-22(19)33-25)24(31)14-18-7-4-5-12-27-18/h2-10,12H,11,13-14,16H2,1H3,(H,28,30). The van der Waals surface area contributed by atoms with Gasteiger partial charge in [-0.15, -0.1) is 11.3 Å². The number of nitrogens with one attached hydrogen (secondary N) is 1. The van der Waals surface area contributed by atoms with Crippen molar-refractivity contribution in [3.05, 3.63) is 82.0 Å². The molecule has 1 aliphatic rings. The first-order chi connectivity index (χ1) is 16.1. The van der Waals surface area contributed by atoms with Gasteiger partial charge in [-0.1, -0.05) is 24.3 Å². The van der Waals surface area contributed by atoms with Crippen LogP contribution in [0, 0.1) is 11.3 Å². The number of ether oxygens (including phenoxy) is 1. The number of nitriles is 1. The molecule has 0 fully saturated rings. The minimum absolute atomic E-state index is 0.00316. The summed E-state index contributed by atoms with van der Waals surface area (Å²) in [4.78, 5) is 32.2. The molecule has 0 aliphatic carbocycles. The van der Waals surface area contributed by atoms with Gasteiger partial charge in [0.25, 0.3) is 0 Å². The van der Waals surface area contributed by atoms with Crippen LogP contribution in [0.25, 0.3) is 6.08 Å². The van der Waals surface area contributed by atoms with Gasteiger partial charge in [-0.05, 0) is 36.3 Å². The zero-order valence-corrected chi connectivity index (χ0v) is 18.9. The van der Waals surface area contributed by atoms with Crippen molar-refractivity contribution in [1.29, 1.82) is 5.26 Å². The predicted octanol–water partition coefficient (Wildman–Crippen LogP) is 3.80. The van der Waals surface area contributed by atoms with Gasteiger partial charge in [0.05, 0.1) is 25.6 Å². The average molecular weight is 459 g/mol. The number of thiophene rings is 1. The Morgan fingerprint density at radius 1 is 1.27 bits per heavy atom. The lowest BCUT2D eigenvalue weighted by molar-refractivity contribution is -0.131. The second-order valence-corrected chi connectivity index (χ2v) is 8.55. The highest BCUT2D eigenvalue weighted by molar-refractivity contribution is 7.16. The number of carbonyl (C=O) groups excluding carboxylic acids is 2. The molecule has 3 heterocycles. The van der Waals surface area contributed by atoms with E-state index in [4.69, 9.17) is 4.74 Å². The lowest BCUT2D eigenvalue weighted by atomic mass is 10.0. The first-order valence-corrected chi connectivity index (χ1v) is 11.2. The first kappa shape index (κ1) is 22.2. The number of aromatic nitrogens is 1. The topological polar surface area (TPSA) is 95.3 Å². The minimum atomic E-state index is -0.334. The Labute approximate surface area is 195 Å². The second kappa shape index (κ2) is 10.1. The molecular weight excluding hydrogens is 436 g/mol. The molecule has 1 aromatic carbocycles. The molecule has 1 N–H and O–H groups in total. The highest BCUT2D eigenvalue weighted by atomic mass is 32.1. The van der Waals surface area contributed by atoms with Gasteiger partial charge in [-0.3, -0.25) is 14.6 Å². The van der Waals surface area contributed by atoms with Crippen molar-refractivity contribution in [3.63, 3.8) is 0 Å². The maximum atomic E-state index is 12.7. The molecule has 7 nitrogen and oxygen atoms in total. The van der Waals surface area contributed by atoms with Gasteiger partial charge in [0, 0.05) is 35.0 Å². The van der Waals surface area contributed by atoms with E-state index in [1.165, 1.54) is 17.4 Å². The van der Waals surface area contributed by atoms with Crippen LogP contribution in [-0.4, -0.2) is 35.4 Å². The Morgan fingerprint density at radius 3 is 2.85 bits per heavy atom. The maximum absolute atomic E-state index is 12.7. The fourth-order valence-electron chi connectivity index (χ4n) is 3.72. The summed E-state index contributed by atoms with van der Waals surface area (Å²) >= 11 is 1.35. The number of para-hydroxylation sites is 1. The summed E-state index contributed by atoms with van der Waals surface area (Å²) in [5.74, 6) is 0.331. The molecule has 0 spiro atoms. The number of hydrogen-bond donors (Lipinski definition) is 1. The van der Waals surface area contributed by atoms with Crippen LogP contribution >= 0.6 is 11.3 Å². The van der Waals surface area contributed by atoms with E-state index in [2.05, 4.69) is 16.4 Å². The van der Waals surface area contributed by atoms with Crippen molar-refractivity contribution in [2.75, 3.05) is 19.0 Å². The van der Waals surface area contributed by atoms with Gasteiger partial charge in [0.2, 0.25) is 11.8 Å². The van der Waals surface area contributed by atoms with Crippen LogP contribution in [0.3, 0.4) is 0 Å². The van der Waals surface area contributed by atoms with Crippen LogP contribution in [0.4, 0.5) is 5.00 Å². The quantitative estimate of drug-likeness (QED) is 0.567. The van der Waals surface area contributed by atoms with Crippen LogP contribution in [0.2, 0.25) is 0 Å². The Hall–Kier alpha value is -3.96. The van der Waals surface area contributed by atoms with Crippen LogP contribution in [0.1, 0.15) is 27.3 Å². The monoisotopic (exact) mass is 458 g/mol. The molecule has 166 valence electrons. The molecule has 3 aromatic rings. The molecule has 0 saturated heterocycles. The molecule has 1 aliphatic heterocycles. The van der Waals surface area contributed by atoms with E-state index in [1.807, 2.05) is 42.5 Å². The van der Waals surface area contributed by atoms with Crippen LogP contribution < -0.4 is 10.1 Å². The molecule has 0 atom stereocenters. The molecule has 33 heavy (non-hydrogen) atoms. The molecule has 2 aromatic heterocycles. The lowest BCUT2D eigenvalue weighted by Crippen LogP contribution is -2.36. The van der Waals surface area contributed by atoms with Gasteiger partial charge < -0.3 is 15.0 Å². The lowest BCUT2D eigenvalue weighted by Gasteiger charge is -2.27. The summed E-state index contributed by atoms with van der Waals surface area (Å²) in [7, 11) is 1.58. The van der Waals surface area contributed by atoms with E-state index in [-0.39, 0.29) is 18.2 Å². The van der Waals surface area contributed by atoms with Crippen molar-refractivity contribution in [1.82, 2.24) is 9.88 Å². The van der Waals surface area contributed by atoms with Gasteiger partial charge in [-0.25, -0.2) is 0 Å². The normalized spacial score (nSPS) is 12.8. The summed E-state index contributed by atoms with van der Waals surface area (Å²) in [5, 5.41) is 13.0. The summed E-state index contributed by atoms with van der Waals surface area (Å²) in [6.45, 7) is 0.957. The van der Waals surface area contributed by atoms with Crippen LogP contribution in [-0.2, 0) is 29.0 Å². The number of anilines is 1. The number of fused-ring (bicyclic) bond motifs is 1. The summed E-state index contributed by atoms with van der Waals surface area (Å²) in [5.41, 5.74) is 2.90. The third-order valence-electron chi connectivity index (χ3n) is 5.37. The first-order valence-electron chi connectivity index (χ1n) is 10.4. The van der Waals surface area contributed by atoms with Gasteiger partial charge >= 0.3 is 0 Å². The Balaban J connectivity index is 1.46. The third-order valence-corrected chi connectivity index (χ3v) is 6.50. The zero-order chi connectivity index (χ0) is 23.2. The number of amides is 2. The van der Waals surface area contributed by atoms with E-state index in [1.54, 1.807) is 24.3 Å². The zero-order valence-electron chi connectivity index (χ0n) is 18.1. The average Bonchev–Trinajstić information content (AvgIpc) is 3.19. The predicted molar refractivity (Wildman–Crippen MR) is 127 cm³/mol. The number of pyridine rings is 1. The minimum Gasteiger partial charge on any atom is -0.496 e. The molecule has 0 radical (unpaired) electrons. The van der Waals surface area contributed by atoms with Gasteiger partial charge in [-0.2, -0.15) is 5.26 Å². The van der Waals surface area contributed by atoms with E-state index in [9.17, 15) is 14.9 Å². The van der Waals surface area contributed by atoms with Gasteiger partial charge in [0.15, 0.2) is 0 Å². The van der Waals surface area contributed by atoms with Crippen LogP contribution in [0.15, 0.2) is 54.7 Å². The molecular formula is C25H22N4O3S. The van der Waals surface area contributed by atoms with E-state index in [0.717, 1.165) is 21.7 Å². The van der Waals surface area contributed by atoms with E-state index in [0.29, 0.717) is 35.8 Å². The summed E-state index contributed by atoms with van der Waals surface area (Å²) in [6, 6.07) is 15.1. The molecule has 4 rings (SSSR count). The number of methoxy groups -OCH3 is 1. The van der Waals surface area contributed by atoms with Crippen molar-refractivity contribution < 1.29 is 14.3 Å². The largest absolute Gasteiger partial charge is 0.496 e. The number of benzene rings is 1. The van der Waals surface area contributed by atoms with Crippen molar-refractivity contribution in [3.8, 4) is 11.8 Å².